The normalized spacial score (nSPS) is 13.1. The molecule has 1 aliphatic rings. The summed E-state index contributed by atoms with van der Waals surface area (Å²) in [7, 11) is 0. The maximum Gasteiger partial charge on any atom is 0.335 e. The smallest absolute Gasteiger partial charge is 0.335 e. The van der Waals surface area contributed by atoms with Crippen molar-refractivity contribution in [2.75, 3.05) is 11.4 Å². The van der Waals surface area contributed by atoms with Crippen molar-refractivity contribution in [3.63, 3.8) is 0 Å². The van der Waals surface area contributed by atoms with Gasteiger partial charge < -0.3 is 10.0 Å². The highest BCUT2D eigenvalue weighted by atomic mass is 16.4. The SMILES string of the molecule is Cc1cc(C(=O)N2CCc3cc(C(=O)O)ccc32)ccn1. The fourth-order valence-corrected chi connectivity index (χ4v) is 2.58. The molecule has 3 rings (SSSR count). The molecule has 1 aromatic carbocycles. The molecule has 1 N–H and O–H groups in total. The van der Waals surface area contributed by atoms with Crippen LogP contribution in [0.3, 0.4) is 0 Å². The van der Waals surface area contributed by atoms with Crippen LogP contribution in [0.15, 0.2) is 36.5 Å². The highest BCUT2D eigenvalue weighted by Gasteiger charge is 2.26. The lowest BCUT2D eigenvalue weighted by Gasteiger charge is -2.17. The summed E-state index contributed by atoms with van der Waals surface area (Å²) in [5.74, 6) is -1.03. The van der Waals surface area contributed by atoms with Gasteiger partial charge in [-0.3, -0.25) is 9.78 Å². The molecule has 5 nitrogen and oxygen atoms in total. The van der Waals surface area contributed by atoms with E-state index in [1.54, 1.807) is 35.4 Å². The van der Waals surface area contributed by atoms with Crippen molar-refractivity contribution < 1.29 is 14.7 Å². The van der Waals surface area contributed by atoms with Gasteiger partial charge in [0.05, 0.1) is 5.56 Å². The van der Waals surface area contributed by atoms with Crippen molar-refractivity contribution in [3.8, 4) is 0 Å². The minimum Gasteiger partial charge on any atom is -0.478 e. The Morgan fingerprint density at radius 1 is 1.19 bits per heavy atom. The number of carboxylic acid groups (broad SMARTS) is 1. The second-order valence-corrected chi connectivity index (χ2v) is 5.04. The van der Waals surface area contributed by atoms with Gasteiger partial charge in [-0.1, -0.05) is 0 Å². The highest BCUT2D eigenvalue weighted by molar-refractivity contribution is 6.07. The molecule has 0 saturated heterocycles. The quantitative estimate of drug-likeness (QED) is 0.917. The molecule has 1 aliphatic heterocycles. The topological polar surface area (TPSA) is 70.5 Å². The minimum atomic E-state index is -0.952. The lowest BCUT2D eigenvalue weighted by molar-refractivity contribution is 0.0696. The number of carboxylic acids is 1. The number of carbonyl (C=O) groups is 2. The Bertz CT molecular complexity index is 740. The van der Waals surface area contributed by atoms with E-state index in [1.807, 2.05) is 6.92 Å². The van der Waals surface area contributed by atoms with Gasteiger partial charge >= 0.3 is 5.97 Å². The standard InChI is InChI=1S/C16H14N2O3/c1-10-8-12(4-6-17-10)15(19)18-7-5-11-9-13(16(20)21)2-3-14(11)18/h2-4,6,8-9H,5,7H2,1H3,(H,20,21). The predicted octanol–water partition coefficient (Wildman–Crippen LogP) is 2.29. The van der Waals surface area contributed by atoms with Crippen LogP contribution in [0.2, 0.25) is 0 Å². The number of benzene rings is 1. The van der Waals surface area contributed by atoms with Crippen molar-refractivity contribution >= 4 is 17.6 Å². The van der Waals surface area contributed by atoms with Crippen LogP contribution in [0.1, 0.15) is 32.0 Å². The molecule has 0 atom stereocenters. The van der Waals surface area contributed by atoms with Crippen molar-refractivity contribution in [1.29, 1.82) is 0 Å². The molecule has 0 aliphatic carbocycles. The van der Waals surface area contributed by atoms with Gasteiger partial charge in [0.1, 0.15) is 0 Å². The number of fused-ring (bicyclic) bond motifs is 1. The molecule has 2 aromatic rings. The molecule has 0 unspecified atom stereocenters. The monoisotopic (exact) mass is 282 g/mol. The third-order valence-electron chi connectivity index (χ3n) is 3.61. The number of anilines is 1. The van der Waals surface area contributed by atoms with E-state index < -0.39 is 5.97 Å². The molecule has 2 heterocycles. The molecule has 1 aromatic heterocycles. The third kappa shape index (κ3) is 2.38. The maximum absolute atomic E-state index is 12.6. The molecule has 0 spiro atoms. The van der Waals surface area contributed by atoms with Gasteiger partial charge in [-0.15, -0.1) is 0 Å². The summed E-state index contributed by atoms with van der Waals surface area (Å²) in [6.45, 7) is 2.41. The Labute approximate surface area is 121 Å². The summed E-state index contributed by atoms with van der Waals surface area (Å²) in [6, 6.07) is 8.33. The average molecular weight is 282 g/mol. The molecule has 21 heavy (non-hydrogen) atoms. The number of rotatable bonds is 2. The second kappa shape index (κ2) is 5.01. The van der Waals surface area contributed by atoms with Crippen molar-refractivity contribution in [1.82, 2.24) is 4.98 Å². The lowest BCUT2D eigenvalue weighted by Crippen LogP contribution is -2.28. The second-order valence-electron chi connectivity index (χ2n) is 5.04. The van der Waals surface area contributed by atoms with Gasteiger partial charge in [0.15, 0.2) is 0 Å². The van der Waals surface area contributed by atoms with E-state index in [4.69, 9.17) is 5.11 Å². The molecule has 106 valence electrons. The van der Waals surface area contributed by atoms with E-state index >= 15 is 0 Å². The van der Waals surface area contributed by atoms with Gasteiger partial charge in [-0.2, -0.15) is 0 Å². The van der Waals surface area contributed by atoms with E-state index in [-0.39, 0.29) is 11.5 Å². The number of aryl methyl sites for hydroxylation is 1. The number of nitrogens with zero attached hydrogens (tertiary/aromatic N) is 2. The maximum atomic E-state index is 12.6. The Hall–Kier alpha value is -2.69. The predicted molar refractivity (Wildman–Crippen MR) is 77.8 cm³/mol. The zero-order valence-electron chi connectivity index (χ0n) is 11.5. The summed E-state index contributed by atoms with van der Waals surface area (Å²) in [5, 5.41) is 9.01. The first-order valence-corrected chi connectivity index (χ1v) is 6.67. The van der Waals surface area contributed by atoms with Gasteiger partial charge in [0.25, 0.3) is 5.91 Å². The molecule has 1 amide bonds. The van der Waals surface area contributed by atoms with Crippen LogP contribution >= 0.6 is 0 Å². The van der Waals surface area contributed by atoms with Crippen LogP contribution in [-0.4, -0.2) is 28.5 Å². The first kappa shape index (κ1) is 13.3. The Kier molecular flexibility index (Phi) is 3.17. The first-order chi connectivity index (χ1) is 10.1. The summed E-state index contributed by atoms with van der Waals surface area (Å²) in [6.07, 6.45) is 2.29. The van der Waals surface area contributed by atoms with Crippen LogP contribution in [0.25, 0.3) is 0 Å². The molecule has 0 bridgehead atoms. The number of pyridine rings is 1. The third-order valence-corrected chi connectivity index (χ3v) is 3.61. The summed E-state index contributed by atoms with van der Waals surface area (Å²) >= 11 is 0. The average Bonchev–Trinajstić information content (AvgIpc) is 2.89. The van der Waals surface area contributed by atoms with Gasteiger partial charge in [-0.05, 0) is 49.2 Å². The molecular formula is C16H14N2O3. The Morgan fingerprint density at radius 2 is 2.00 bits per heavy atom. The summed E-state index contributed by atoms with van der Waals surface area (Å²) in [4.78, 5) is 29.3. The largest absolute Gasteiger partial charge is 0.478 e. The van der Waals surface area contributed by atoms with E-state index in [9.17, 15) is 9.59 Å². The fraction of sp³-hybridized carbons (Fsp3) is 0.188. The molecule has 5 heteroatoms. The lowest BCUT2D eigenvalue weighted by atomic mass is 10.1. The number of aromatic nitrogens is 1. The van der Waals surface area contributed by atoms with E-state index in [1.165, 1.54) is 6.07 Å². The van der Waals surface area contributed by atoms with Crippen molar-refractivity contribution in [2.45, 2.75) is 13.3 Å². The van der Waals surface area contributed by atoms with Crippen LogP contribution < -0.4 is 4.90 Å². The van der Waals surface area contributed by atoms with Crippen molar-refractivity contribution in [3.05, 3.63) is 58.9 Å². The zero-order chi connectivity index (χ0) is 15.0. The van der Waals surface area contributed by atoms with E-state index in [0.717, 1.165) is 16.9 Å². The van der Waals surface area contributed by atoms with E-state index in [0.29, 0.717) is 18.5 Å². The van der Waals surface area contributed by atoms with Gasteiger partial charge in [0.2, 0.25) is 0 Å². The van der Waals surface area contributed by atoms with E-state index in [2.05, 4.69) is 4.98 Å². The minimum absolute atomic E-state index is 0.0812. The number of aromatic carboxylic acids is 1. The highest BCUT2D eigenvalue weighted by Crippen LogP contribution is 2.30. The van der Waals surface area contributed by atoms with Crippen LogP contribution in [0.4, 0.5) is 5.69 Å². The Morgan fingerprint density at radius 3 is 2.71 bits per heavy atom. The summed E-state index contributed by atoms with van der Waals surface area (Å²) in [5.41, 5.74) is 3.33. The van der Waals surface area contributed by atoms with Gasteiger partial charge in [0, 0.05) is 29.7 Å². The fourth-order valence-electron chi connectivity index (χ4n) is 2.58. The number of carbonyl (C=O) groups excluding carboxylic acids is 1. The Balaban J connectivity index is 1.94. The van der Waals surface area contributed by atoms with Gasteiger partial charge in [-0.25, -0.2) is 4.79 Å². The zero-order valence-corrected chi connectivity index (χ0v) is 11.5. The molecular weight excluding hydrogens is 268 g/mol. The van der Waals surface area contributed by atoms with Crippen LogP contribution in [0.5, 0.6) is 0 Å². The van der Waals surface area contributed by atoms with Crippen LogP contribution in [-0.2, 0) is 6.42 Å². The molecule has 0 saturated carbocycles. The summed E-state index contributed by atoms with van der Waals surface area (Å²) < 4.78 is 0. The van der Waals surface area contributed by atoms with Crippen molar-refractivity contribution in [2.24, 2.45) is 0 Å². The number of hydrogen-bond donors (Lipinski definition) is 1. The molecule has 0 fully saturated rings. The molecule has 0 radical (unpaired) electrons. The number of hydrogen-bond acceptors (Lipinski definition) is 3. The van der Waals surface area contributed by atoms with Crippen LogP contribution in [0, 0.1) is 6.92 Å². The first-order valence-electron chi connectivity index (χ1n) is 6.67. The number of amides is 1.